The van der Waals surface area contributed by atoms with Gasteiger partial charge >= 0.3 is 0 Å². The van der Waals surface area contributed by atoms with Crippen LogP contribution in [0, 0.1) is 23.7 Å². The fourth-order valence-electron chi connectivity index (χ4n) is 3.66. The first-order chi connectivity index (χ1) is 8.10. The molecule has 3 heteroatoms. The normalized spacial score (nSPS) is 33.1. The van der Waals surface area contributed by atoms with E-state index in [1.165, 1.54) is 19.3 Å². The van der Waals surface area contributed by atoms with Crippen LogP contribution >= 0.6 is 0 Å². The summed E-state index contributed by atoms with van der Waals surface area (Å²) in [4.78, 5) is 12.2. The Bertz CT molecular complexity index is 277. The first-order valence-electron chi connectivity index (χ1n) is 7.10. The minimum atomic E-state index is 0.168. The molecule has 4 unspecified atom stereocenters. The lowest BCUT2D eigenvalue weighted by Crippen LogP contribution is -2.44. The van der Waals surface area contributed by atoms with Gasteiger partial charge in [0.15, 0.2) is 0 Å². The van der Waals surface area contributed by atoms with Crippen LogP contribution in [0.3, 0.4) is 0 Å². The average molecular weight is 238 g/mol. The fourth-order valence-corrected chi connectivity index (χ4v) is 3.66. The Labute approximate surface area is 105 Å². The molecule has 98 valence electrons. The predicted octanol–water partition coefficient (Wildman–Crippen LogP) is 1.91. The largest absolute Gasteiger partial charge is 0.352 e. The standard InChI is InChI=1S/C14H26N2O/c1-9(2)5-12(8-15)16-14(17)13-7-10-3-4-11(13)6-10/h9-13H,3-8,15H2,1-2H3,(H,16,17). The van der Waals surface area contributed by atoms with E-state index in [0.29, 0.717) is 18.4 Å². The first-order valence-corrected chi connectivity index (χ1v) is 7.10. The highest BCUT2D eigenvalue weighted by atomic mass is 16.2. The van der Waals surface area contributed by atoms with Crippen LogP contribution < -0.4 is 11.1 Å². The monoisotopic (exact) mass is 238 g/mol. The topological polar surface area (TPSA) is 55.1 Å². The number of hydrogen-bond donors (Lipinski definition) is 2. The molecule has 0 saturated heterocycles. The van der Waals surface area contributed by atoms with Crippen molar-refractivity contribution < 1.29 is 4.79 Å². The van der Waals surface area contributed by atoms with Crippen molar-refractivity contribution in [2.75, 3.05) is 6.54 Å². The third-order valence-electron chi connectivity index (χ3n) is 4.46. The lowest BCUT2D eigenvalue weighted by molar-refractivity contribution is -0.127. The van der Waals surface area contributed by atoms with Gasteiger partial charge in [-0.25, -0.2) is 0 Å². The van der Waals surface area contributed by atoms with E-state index in [-0.39, 0.29) is 17.9 Å². The molecule has 1 amide bonds. The van der Waals surface area contributed by atoms with Crippen molar-refractivity contribution in [1.82, 2.24) is 5.32 Å². The van der Waals surface area contributed by atoms with Gasteiger partial charge in [0.25, 0.3) is 0 Å². The Hall–Kier alpha value is -0.570. The second-order valence-corrected chi connectivity index (χ2v) is 6.35. The molecule has 2 saturated carbocycles. The Morgan fingerprint density at radius 1 is 1.35 bits per heavy atom. The summed E-state index contributed by atoms with van der Waals surface area (Å²) in [6.45, 7) is 4.91. The zero-order valence-corrected chi connectivity index (χ0v) is 11.1. The van der Waals surface area contributed by atoms with E-state index in [9.17, 15) is 4.79 Å². The molecule has 0 spiro atoms. The van der Waals surface area contributed by atoms with Gasteiger partial charge in [-0.1, -0.05) is 20.3 Å². The number of amides is 1. The second-order valence-electron chi connectivity index (χ2n) is 6.35. The van der Waals surface area contributed by atoms with Crippen molar-refractivity contribution in [2.45, 2.75) is 52.0 Å². The van der Waals surface area contributed by atoms with E-state index >= 15 is 0 Å². The molecule has 2 aliphatic carbocycles. The van der Waals surface area contributed by atoms with Crippen LogP contribution in [0.5, 0.6) is 0 Å². The van der Waals surface area contributed by atoms with E-state index in [2.05, 4.69) is 19.2 Å². The van der Waals surface area contributed by atoms with Crippen LogP contribution in [-0.2, 0) is 4.79 Å². The summed E-state index contributed by atoms with van der Waals surface area (Å²) in [5, 5.41) is 3.16. The van der Waals surface area contributed by atoms with Crippen molar-refractivity contribution in [3.8, 4) is 0 Å². The Kier molecular flexibility index (Phi) is 4.08. The zero-order valence-electron chi connectivity index (χ0n) is 11.1. The van der Waals surface area contributed by atoms with Gasteiger partial charge in [-0.05, 0) is 43.4 Å². The number of hydrogen-bond acceptors (Lipinski definition) is 2. The summed E-state index contributed by atoms with van der Waals surface area (Å²) in [6, 6.07) is 0.168. The first kappa shape index (κ1) is 12.9. The smallest absolute Gasteiger partial charge is 0.223 e. The Balaban J connectivity index is 1.83. The fraction of sp³-hybridized carbons (Fsp3) is 0.929. The molecule has 2 rings (SSSR count). The molecule has 0 aliphatic heterocycles. The molecule has 0 aromatic carbocycles. The lowest BCUT2D eigenvalue weighted by atomic mass is 9.88. The number of fused-ring (bicyclic) bond motifs is 2. The SMILES string of the molecule is CC(C)CC(CN)NC(=O)C1CC2CCC1C2. The van der Waals surface area contributed by atoms with E-state index in [4.69, 9.17) is 5.73 Å². The van der Waals surface area contributed by atoms with Crippen molar-refractivity contribution in [3.05, 3.63) is 0 Å². The summed E-state index contributed by atoms with van der Waals surface area (Å²) in [5.41, 5.74) is 5.73. The summed E-state index contributed by atoms with van der Waals surface area (Å²) in [7, 11) is 0. The van der Waals surface area contributed by atoms with Gasteiger partial charge in [-0.3, -0.25) is 4.79 Å². The molecule has 4 atom stereocenters. The number of rotatable bonds is 5. The van der Waals surface area contributed by atoms with Crippen LogP contribution in [0.2, 0.25) is 0 Å². The molecule has 3 N–H and O–H groups in total. The molecule has 17 heavy (non-hydrogen) atoms. The summed E-state index contributed by atoms with van der Waals surface area (Å²) in [6.07, 6.45) is 6.01. The number of nitrogens with two attached hydrogens (primary N) is 1. The van der Waals surface area contributed by atoms with Gasteiger partial charge in [0.2, 0.25) is 5.91 Å². The van der Waals surface area contributed by atoms with E-state index in [1.807, 2.05) is 0 Å². The van der Waals surface area contributed by atoms with Crippen LogP contribution in [0.15, 0.2) is 0 Å². The van der Waals surface area contributed by atoms with Crippen molar-refractivity contribution in [3.63, 3.8) is 0 Å². The quantitative estimate of drug-likeness (QED) is 0.768. The maximum Gasteiger partial charge on any atom is 0.223 e. The molecule has 2 aliphatic rings. The molecule has 0 aromatic rings. The maximum absolute atomic E-state index is 12.2. The van der Waals surface area contributed by atoms with E-state index in [1.54, 1.807) is 0 Å². The second kappa shape index (κ2) is 5.38. The summed E-state index contributed by atoms with van der Waals surface area (Å²) in [5.74, 6) is 2.64. The van der Waals surface area contributed by atoms with Crippen molar-refractivity contribution in [1.29, 1.82) is 0 Å². The van der Waals surface area contributed by atoms with Gasteiger partial charge in [-0.15, -0.1) is 0 Å². The van der Waals surface area contributed by atoms with E-state index < -0.39 is 0 Å². The third-order valence-corrected chi connectivity index (χ3v) is 4.46. The lowest BCUT2D eigenvalue weighted by Gasteiger charge is -2.25. The summed E-state index contributed by atoms with van der Waals surface area (Å²) < 4.78 is 0. The van der Waals surface area contributed by atoms with Crippen LogP contribution in [-0.4, -0.2) is 18.5 Å². The Morgan fingerprint density at radius 3 is 2.59 bits per heavy atom. The third kappa shape index (κ3) is 3.01. The highest BCUT2D eigenvalue weighted by Crippen LogP contribution is 2.48. The number of carbonyl (C=O) groups is 1. The van der Waals surface area contributed by atoms with Crippen molar-refractivity contribution in [2.24, 2.45) is 29.4 Å². The maximum atomic E-state index is 12.2. The predicted molar refractivity (Wildman–Crippen MR) is 69.4 cm³/mol. The molecule has 0 aromatic heterocycles. The highest BCUT2D eigenvalue weighted by Gasteiger charge is 2.43. The summed E-state index contributed by atoms with van der Waals surface area (Å²) >= 11 is 0. The zero-order chi connectivity index (χ0) is 12.4. The Morgan fingerprint density at radius 2 is 2.12 bits per heavy atom. The van der Waals surface area contributed by atoms with Crippen molar-refractivity contribution >= 4 is 5.91 Å². The average Bonchev–Trinajstić information content (AvgIpc) is 2.88. The molecule has 2 bridgehead atoms. The minimum absolute atomic E-state index is 0.168. The molecule has 2 fully saturated rings. The number of carbonyl (C=O) groups excluding carboxylic acids is 1. The van der Waals surface area contributed by atoms with Crippen LogP contribution in [0.4, 0.5) is 0 Å². The van der Waals surface area contributed by atoms with Crippen LogP contribution in [0.25, 0.3) is 0 Å². The van der Waals surface area contributed by atoms with Gasteiger partial charge in [0.1, 0.15) is 0 Å². The minimum Gasteiger partial charge on any atom is -0.352 e. The van der Waals surface area contributed by atoms with Crippen LogP contribution in [0.1, 0.15) is 46.0 Å². The highest BCUT2D eigenvalue weighted by molar-refractivity contribution is 5.79. The van der Waals surface area contributed by atoms with Gasteiger partial charge in [0.05, 0.1) is 0 Å². The van der Waals surface area contributed by atoms with Gasteiger partial charge in [0, 0.05) is 18.5 Å². The molecule has 0 heterocycles. The molecular formula is C14H26N2O. The molecular weight excluding hydrogens is 212 g/mol. The van der Waals surface area contributed by atoms with E-state index in [0.717, 1.165) is 18.8 Å². The molecule has 0 radical (unpaired) electrons. The van der Waals surface area contributed by atoms with Gasteiger partial charge in [-0.2, -0.15) is 0 Å². The molecule has 3 nitrogen and oxygen atoms in total. The van der Waals surface area contributed by atoms with Gasteiger partial charge < -0.3 is 11.1 Å². The number of nitrogens with one attached hydrogen (secondary N) is 1.